The lowest BCUT2D eigenvalue weighted by molar-refractivity contribution is -0.167. The van der Waals surface area contributed by atoms with Crippen molar-refractivity contribution in [2.75, 3.05) is 13.2 Å². The summed E-state index contributed by atoms with van der Waals surface area (Å²) in [6.45, 7) is 6.62. The van der Waals surface area contributed by atoms with Crippen molar-refractivity contribution in [2.45, 2.75) is 284 Å². The molecule has 0 aliphatic heterocycles. The quantitative estimate of drug-likeness (QED) is 0.0263. The molecule has 6 nitrogen and oxygen atoms in total. The molecule has 1 unspecified atom stereocenters. The minimum atomic E-state index is -0.767. The Hall–Kier alpha value is -2.11. The second-order valence-corrected chi connectivity index (χ2v) is 17.4. The van der Waals surface area contributed by atoms with Gasteiger partial charge in [-0.25, -0.2) is 0 Å². The first-order valence-corrected chi connectivity index (χ1v) is 25.8. The molecule has 0 aliphatic carbocycles. The zero-order chi connectivity index (χ0) is 43.0. The minimum Gasteiger partial charge on any atom is -0.462 e. The second kappa shape index (κ2) is 48.6. The third-order valence-electron chi connectivity index (χ3n) is 11.5. The number of unbranched alkanes of at least 4 members (excludes halogenated alkanes) is 32. The van der Waals surface area contributed by atoms with E-state index >= 15 is 0 Å². The van der Waals surface area contributed by atoms with Crippen molar-refractivity contribution in [3.8, 4) is 0 Å². The molecule has 1 atom stereocenters. The van der Waals surface area contributed by atoms with Gasteiger partial charge in [0.1, 0.15) is 13.2 Å². The molecule has 346 valence electrons. The van der Waals surface area contributed by atoms with Gasteiger partial charge in [0.2, 0.25) is 0 Å². The van der Waals surface area contributed by atoms with Crippen LogP contribution in [-0.2, 0) is 28.6 Å². The van der Waals surface area contributed by atoms with Crippen molar-refractivity contribution in [1.29, 1.82) is 0 Å². The summed E-state index contributed by atoms with van der Waals surface area (Å²) in [7, 11) is 0. The molecule has 0 spiro atoms. The fraction of sp³-hybridized carbons (Fsp3) is 0.868. The first-order valence-electron chi connectivity index (χ1n) is 25.8. The van der Waals surface area contributed by atoms with E-state index in [1.807, 2.05) is 0 Å². The van der Waals surface area contributed by atoms with Gasteiger partial charge in [0.15, 0.2) is 6.10 Å². The fourth-order valence-electron chi connectivity index (χ4n) is 7.53. The van der Waals surface area contributed by atoms with Gasteiger partial charge in [0.25, 0.3) is 0 Å². The number of ether oxygens (including phenoxy) is 3. The summed E-state index contributed by atoms with van der Waals surface area (Å²) < 4.78 is 16.8. The average molecular weight is 831 g/mol. The van der Waals surface area contributed by atoms with Gasteiger partial charge in [0.05, 0.1) is 0 Å². The molecule has 59 heavy (non-hydrogen) atoms. The summed E-state index contributed by atoms with van der Waals surface area (Å²) >= 11 is 0. The molecule has 0 heterocycles. The van der Waals surface area contributed by atoms with Crippen molar-refractivity contribution in [1.82, 2.24) is 0 Å². The highest BCUT2D eigenvalue weighted by Gasteiger charge is 2.19. The predicted octanol–water partition coefficient (Wildman–Crippen LogP) is 16.8. The van der Waals surface area contributed by atoms with E-state index in [1.54, 1.807) is 0 Å². The smallest absolute Gasteiger partial charge is 0.306 e. The monoisotopic (exact) mass is 831 g/mol. The van der Waals surface area contributed by atoms with Crippen molar-refractivity contribution < 1.29 is 28.6 Å². The summed E-state index contributed by atoms with van der Waals surface area (Å²) in [5.41, 5.74) is 0. The third-order valence-corrected chi connectivity index (χ3v) is 11.5. The van der Waals surface area contributed by atoms with Crippen LogP contribution < -0.4 is 0 Å². The lowest BCUT2D eigenvalue weighted by Gasteiger charge is -2.18. The standard InChI is InChI=1S/C53H98O6/c1-4-7-10-13-16-19-22-25-26-27-28-29-32-34-37-40-43-46-52(55)58-49-50(59-53(56)47-44-41-38-35-31-24-21-18-15-12-9-6-3)48-57-51(54)45-42-39-36-33-30-23-20-17-14-11-8-5-2/h16,19,25-26,50H,4-15,17-18,20-24,27-49H2,1-3H3/b19-16-,26-25-. The molecule has 0 N–H and O–H groups in total. The van der Waals surface area contributed by atoms with Crippen LogP contribution in [-0.4, -0.2) is 37.2 Å². The number of carbonyl (C=O) groups is 3. The fourth-order valence-corrected chi connectivity index (χ4v) is 7.53. The SMILES string of the molecule is CCCCC/C=C\C/C=C\CCCCCCCCCC(=O)OCC(COC(=O)CCCCCCCCCCCCCC)OC(=O)CCCCCCCCCCCCCC. The molecule has 0 rings (SSSR count). The molecule has 6 heteroatoms. The van der Waals surface area contributed by atoms with Gasteiger partial charge >= 0.3 is 17.9 Å². The lowest BCUT2D eigenvalue weighted by atomic mass is 10.0. The van der Waals surface area contributed by atoms with E-state index in [2.05, 4.69) is 45.1 Å². The van der Waals surface area contributed by atoms with Crippen LogP contribution in [0.1, 0.15) is 278 Å². The third kappa shape index (κ3) is 46.8. The average Bonchev–Trinajstić information content (AvgIpc) is 3.23. The molecule has 0 aliphatic rings. The molecule has 0 aromatic rings. The summed E-state index contributed by atoms with van der Waals surface area (Å²) in [6, 6.07) is 0. The summed E-state index contributed by atoms with van der Waals surface area (Å²) in [4.78, 5) is 37.9. The van der Waals surface area contributed by atoms with Gasteiger partial charge in [-0.2, -0.15) is 0 Å². The van der Waals surface area contributed by atoms with Crippen molar-refractivity contribution in [3.05, 3.63) is 24.3 Å². The normalized spacial score (nSPS) is 12.1. The largest absolute Gasteiger partial charge is 0.462 e. The molecule has 0 aromatic carbocycles. The van der Waals surface area contributed by atoms with Crippen LogP contribution in [0.15, 0.2) is 24.3 Å². The molecule has 0 bridgehead atoms. The van der Waals surface area contributed by atoms with Crippen LogP contribution in [0.25, 0.3) is 0 Å². The molecule has 0 saturated heterocycles. The topological polar surface area (TPSA) is 78.9 Å². The maximum absolute atomic E-state index is 12.8. The Balaban J connectivity index is 4.32. The first-order chi connectivity index (χ1) is 29.0. The Morgan fingerprint density at radius 3 is 0.966 bits per heavy atom. The van der Waals surface area contributed by atoms with Gasteiger partial charge in [-0.05, 0) is 51.4 Å². The highest BCUT2D eigenvalue weighted by Crippen LogP contribution is 2.16. The maximum atomic E-state index is 12.8. The van der Waals surface area contributed by atoms with E-state index in [0.29, 0.717) is 19.3 Å². The number of rotatable bonds is 47. The van der Waals surface area contributed by atoms with E-state index < -0.39 is 6.10 Å². The molecule has 0 fully saturated rings. The number of esters is 3. The summed E-state index contributed by atoms with van der Waals surface area (Å²) in [5.74, 6) is -0.864. The van der Waals surface area contributed by atoms with E-state index in [4.69, 9.17) is 14.2 Å². The molecular formula is C53H98O6. The highest BCUT2D eigenvalue weighted by molar-refractivity contribution is 5.71. The van der Waals surface area contributed by atoms with Gasteiger partial charge in [-0.15, -0.1) is 0 Å². The number of carbonyl (C=O) groups excluding carboxylic acids is 3. The van der Waals surface area contributed by atoms with Crippen molar-refractivity contribution in [2.24, 2.45) is 0 Å². The van der Waals surface area contributed by atoms with Crippen LogP contribution in [0.3, 0.4) is 0 Å². The van der Waals surface area contributed by atoms with Gasteiger partial charge in [-0.3, -0.25) is 14.4 Å². The van der Waals surface area contributed by atoms with E-state index in [-0.39, 0.29) is 31.1 Å². The number of allylic oxidation sites excluding steroid dienone is 4. The Bertz CT molecular complexity index is 958. The predicted molar refractivity (Wildman–Crippen MR) is 252 cm³/mol. The van der Waals surface area contributed by atoms with Crippen LogP contribution in [0.5, 0.6) is 0 Å². The zero-order valence-corrected chi connectivity index (χ0v) is 39.5. The zero-order valence-electron chi connectivity index (χ0n) is 39.5. The molecule has 0 amide bonds. The van der Waals surface area contributed by atoms with Gasteiger partial charge < -0.3 is 14.2 Å². The Labute approximate surface area is 366 Å². The molecule has 0 aromatic heterocycles. The van der Waals surface area contributed by atoms with Crippen LogP contribution in [0.4, 0.5) is 0 Å². The van der Waals surface area contributed by atoms with Crippen molar-refractivity contribution in [3.63, 3.8) is 0 Å². The van der Waals surface area contributed by atoms with Gasteiger partial charge in [0, 0.05) is 19.3 Å². The molecule has 0 saturated carbocycles. The summed E-state index contributed by atoms with van der Waals surface area (Å²) in [6.07, 6.45) is 54.4. The van der Waals surface area contributed by atoms with Crippen molar-refractivity contribution >= 4 is 17.9 Å². The second-order valence-electron chi connectivity index (χ2n) is 17.4. The first kappa shape index (κ1) is 56.9. The van der Waals surface area contributed by atoms with Crippen LogP contribution in [0, 0.1) is 0 Å². The van der Waals surface area contributed by atoms with E-state index in [1.165, 1.54) is 167 Å². The molecule has 0 radical (unpaired) electrons. The number of hydrogen-bond donors (Lipinski definition) is 0. The van der Waals surface area contributed by atoms with Crippen LogP contribution >= 0.6 is 0 Å². The summed E-state index contributed by atoms with van der Waals surface area (Å²) in [5, 5.41) is 0. The Morgan fingerprint density at radius 1 is 0.339 bits per heavy atom. The Morgan fingerprint density at radius 2 is 0.610 bits per heavy atom. The van der Waals surface area contributed by atoms with E-state index in [9.17, 15) is 14.4 Å². The Kier molecular flexibility index (Phi) is 46.8. The molecular weight excluding hydrogens is 733 g/mol. The number of hydrogen-bond acceptors (Lipinski definition) is 6. The van der Waals surface area contributed by atoms with Gasteiger partial charge in [-0.1, -0.05) is 231 Å². The highest BCUT2D eigenvalue weighted by atomic mass is 16.6. The maximum Gasteiger partial charge on any atom is 0.306 e. The lowest BCUT2D eigenvalue weighted by Crippen LogP contribution is -2.30. The van der Waals surface area contributed by atoms with E-state index in [0.717, 1.165) is 70.6 Å². The van der Waals surface area contributed by atoms with Crippen LogP contribution in [0.2, 0.25) is 0 Å². The minimum absolute atomic E-state index is 0.0689.